The summed E-state index contributed by atoms with van der Waals surface area (Å²) in [6.07, 6.45) is 1.01. The van der Waals surface area contributed by atoms with Gasteiger partial charge >= 0.3 is 0 Å². The van der Waals surface area contributed by atoms with Crippen LogP contribution in [0.25, 0.3) is 11.0 Å². The normalized spacial score (nSPS) is 11.5. The number of hydrogen-bond acceptors (Lipinski definition) is 2. The van der Waals surface area contributed by atoms with E-state index < -0.39 is 0 Å². The molecule has 0 aliphatic carbocycles. The van der Waals surface area contributed by atoms with Crippen molar-refractivity contribution in [2.75, 3.05) is 5.73 Å². The molecule has 3 nitrogen and oxygen atoms in total. The summed E-state index contributed by atoms with van der Waals surface area (Å²) in [6, 6.07) is 4.55. The Hall–Kier alpha value is -1.58. The molecule has 1 heterocycles. The number of halogens is 1. The zero-order valence-corrected chi connectivity index (χ0v) is 9.57. The molecule has 2 N–H and O–H groups in total. The molecule has 0 spiro atoms. The van der Waals surface area contributed by atoms with Crippen LogP contribution in [0.5, 0.6) is 0 Å². The third-order valence-corrected chi connectivity index (χ3v) is 2.67. The van der Waals surface area contributed by atoms with Crippen molar-refractivity contribution in [1.29, 1.82) is 0 Å². The van der Waals surface area contributed by atoms with E-state index in [1.807, 2.05) is 4.57 Å². The Balaban J connectivity index is 2.42. The first-order valence-corrected chi connectivity index (χ1v) is 5.49. The van der Waals surface area contributed by atoms with E-state index in [9.17, 15) is 4.39 Å². The summed E-state index contributed by atoms with van der Waals surface area (Å²) >= 11 is 0. The van der Waals surface area contributed by atoms with Gasteiger partial charge in [-0.1, -0.05) is 13.8 Å². The van der Waals surface area contributed by atoms with Crippen LogP contribution in [0.3, 0.4) is 0 Å². The van der Waals surface area contributed by atoms with Crippen molar-refractivity contribution in [3.8, 4) is 0 Å². The molecule has 86 valence electrons. The van der Waals surface area contributed by atoms with E-state index in [0.717, 1.165) is 24.0 Å². The molecule has 0 saturated carbocycles. The molecule has 0 unspecified atom stereocenters. The zero-order valence-electron chi connectivity index (χ0n) is 9.57. The van der Waals surface area contributed by atoms with Crippen molar-refractivity contribution < 1.29 is 4.39 Å². The maximum Gasteiger partial charge on any atom is 0.201 e. The highest BCUT2D eigenvalue weighted by Gasteiger charge is 2.09. The van der Waals surface area contributed by atoms with Gasteiger partial charge < -0.3 is 10.3 Å². The van der Waals surface area contributed by atoms with Crippen LogP contribution in [0.15, 0.2) is 18.2 Å². The number of nitrogen functional groups attached to an aromatic ring is 1. The van der Waals surface area contributed by atoms with E-state index in [1.54, 1.807) is 6.07 Å². The Morgan fingerprint density at radius 3 is 2.88 bits per heavy atom. The SMILES string of the molecule is CC(C)CCn1c(N)nc2ccc(F)cc21. The number of benzene rings is 1. The molecular formula is C12H16FN3. The van der Waals surface area contributed by atoms with Crippen LogP contribution < -0.4 is 5.73 Å². The Morgan fingerprint density at radius 1 is 1.44 bits per heavy atom. The van der Waals surface area contributed by atoms with Crippen LogP contribution in [0, 0.1) is 11.7 Å². The number of hydrogen-bond donors (Lipinski definition) is 1. The van der Waals surface area contributed by atoms with Gasteiger partial charge in [0.2, 0.25) is 5.95 Å². The zero-order chi connectivity index (χ0) is 11.7. The fourth-order valence-electron chi connectivity index (χ4n) is 1.74. The van der Waals surface area contributed by atoms with Gasteiger partial charge in [-0.2, -0.15) is 0 Å². The number of fused-ring (bicyclic) bond motifs is 1. The third kappa shape index (κ3) is 2.01. The first-order valence-electron chi connectivity index (χ1n) is 5.49. The molecule has 0 amide bonds. The standard InChI is InChI=1S/C12H16FN3/c1-8(2)5-6-16-11-7-9(13)3-4-10(11)15-12(16)14/h3-4,7-8H,5-6H2,1-2H3,(H2,14,15). The van der Waals surface area contributed by atoms with Crippen LogP contribution in [0.2, 0.25) is 0 Å². The molecule has 0 atom stereocenters. The highest BCUT2D eigenvalue weighted by molar-refractivity contribution is 5.78. The number of aryl methyl sites for hydroxylation is 1. The summed E-state index contributed by atoms with van der Waals surface area (Å²) in [6.45, 7) is 5.08. The number of anilines is 1. The molecule has 16 heavy (non-hydrogen) atoms. The number of nitrogens with two attached hydrogens (primary N) is 1. The molecule has 2 rings (SSSR count). The lowest BCUT2D eigenvalue weighted by Gasteiger charge is -2.08. The summed E-state index contributed by atoms with van der Waals surface area (Å²) in [5, 5.41) is 0. The Bertz CT molecular complexity index is 502. The van der Waals surface area contributed by atoms with Crippen molar-refractivity contribution in [2.24, 2.45) is 5.92 Å². The average molecular weight is 221 g/mol. The van der Waals surface area contributed by atoms with Gasteiger partial charge in [0.25, 0.3) is 0 Å². The lowest BCUT2D eigenvalue weighted by atomic mass is 10.1. The second-order valence-electron chi connectivity index (χ2n) is 4.44. The number of imidazole rings is 1. The maximum absolute atomic E-state index is 13.1. The predicted octanol–water partition coefficient (Wildman–Crippen LogP) is 2.80. The van der Waals surface area contributed by atoms with Gasteiger partial charge in [0.15, 0.2) is 0 Å². The molecule has 2 aromatic rings. The van der Waals surface area contributed by atoms with Crippen molar-refractivity contribution in [3.05, 3.63) is 24.0 Å². The minimum absolute atomic E-state index is 0.252. The van der Waals surface area contributed by atoms with Crippen molar-refractivity contribution in [3.63, 3.8) is 0 Å². The lowest BCUT2D eigenvalue weighted by Crippen LogP contribution is -2.05. The van der Waals surface area contributed by atoms with Crippen LogP contribution in [-0.4, -0.2) is 9.55 Å². The second kappa shape index (κ2) is 4.12. The highest BCUT2D eigenvalue weighted by Crippen LogP contribution is 2.20. The largest absolute Gasteiger partial charge is 0.369 e. The average Bonchev–Trinajstić information content (AvgIpc) is 2.51. The lowest BCUT2D eigenvalue weighted by molar-refractivity contribution is 0.525. The first-order chi connectivity index (χ1) is 7.58. The van der Waals surface area contributed by atoms with Crippen molar-refractivity contribution in [2.45, 2.75) is 26.8 Å². The van der Waals surface area contributed by atoms with Gasteiger partial charge in [0, 0.05) is 6.54 Å². The quantitative estimate of drug-likeness (QED) is 0.866. The van der Waals surface area contributed by atoms with Crippen LogP contribution in [0.1, 0.15) is 20.3 Å². The summed E-state index contributed by atoms with van der Waals surface area (Å²) in [5.41, 5.74) is 7.35. The fourth-order valence-corrected chi connectivity index (χ4v) is 1.74. The predicted molar refractivity (Wildman–Crippen MR) is 63.6 cm³/mol. The van der Waals surface area contributed by atoms with Gasteiger partial charge in [-0.05, 0) is 30.5 Å². The topological polar surface area (TPSA) is 43.8 Å². The van der Waals surface area contributed by atoms with Crippen molar-refractivity contribution >= 4 is 17.0 Å². The van der Waals surface area contributed by atoms with E-state index >= 15 is 0 Å². The first kappa shape index (κ1) is 10.9. The molecule has 0 aliphatic heterocycles. The molecule has 1 aromatic heterocycles. The molecular weight excluding hydrogens is 205 g/mol. The van der Waals surface area contributed by atoms with Crippen LogP contribution in [-0.2, 0) is 6.54 Å². The molecule has 0 fully saturated rings. The van der Waals surface area contributed by atoms with E-state index in [-0.39, 0.29) is 5.82 Å². The molecule has 4 heteroatoms. The summed E-state index contributed by atoms with van der Waals surface area (Å²) in [5.74, 6) is 0.796. The minimum atomic E-state index is -0.252. The van der Waals surface area contributed by atoms with Gasteiger partial charge in [-0.25, -0.2) is 9.37 Å². The van der Waals surface area contributed by atoms with Crippen LogP contribution >= 0.6 is 0 Å². The summed E-state index contributed by atoms with van der Waals surface area (Å²) in [7, 11) is 0. The second-order valence-corrected chi connectivity index (χ2v) is 4.44. The van der Waals surface area contributed by atoms with E-state index in [0.29, 0.717) is 11.9 Å². The fraction of sp³-hybridized carbons (Fsp3) is 0.417. The Kier molecular flexibility index (Phi) is 2.81. The summed E-state index contributed by atoms with van der Waals surface area (Å²) in [4.78, 5) is 4.21. The Morgan fingerprint density at radius 2 is 2.19 bits per heavy atom. The van der Waals surface area contributed by atoms with Gasteiger partial charge in [0.1, 0.15) is 5.82 Å². The molecule has 0 radical (unpaired) electrons. The van der Waals surface area contributed by atoms with Crippen LogP contribution in [0.4, 0.5) is 10.3 Å². The smallest absolute Gasteiger partial charge is 0.201 e. The van der Waals surface area contributed by atoms with Gasteiger partial charge in [0.05, 0.1) is 11.0 Å². The molecule has 0 aliphatic rings. The summed E-state index contributed by atoms with van der Waals surface area (Å²) < 4.78 is 15.0. The molecule has 0 saturated heterocycles. The highest BCUT2D eigenvalue weighted by atomic mass is 19.1. The maximum atomic E-state index is 13.1. The van der Waals surface area contributed by atoms with Gasteiger partial charge in [-0.3, -0.25) is 0 Å². The minimum Gasteiger partial charge on any atom is -0.369 e. The van der Waals surface area contributed by atoms with E-state index in [4.69, 9.17) is 5.73 Å². The monoisotopic (exact) mass is 221 g/mol. The molecule has 1 aromatic carbocycles. The number of rotatable bonds is 3. The number of nitrogens with zero attached hydrogens (tertiary/aromatic N) is 2. The van der Waals surface area contributed by atoms with E-state index in [2.05, 4.69) is 18.8 Å². The third-order valence-electron chi connectivity index (χ3n) is 2.67. The molecule has 0 bridgehead atoms. The van der Waals surface area contributed by atoms with E-state index in [1.165, 1.54) is 12.1 Å². The number of aromatic nitrogens is 2. The van der Waals surface area contributed by atoms with Gasteiger partial charge in [-0.15, -0.1) is 0 Å². The van der Waals surface area contributed by atoms with Crippen molar-refractivity contribution in [1.82, 2.24) is 9.55 Å². The Labute approximate surface area is 94.1 Å².